The molecule has 0 spiro atoms. The number of hydrogen-bond donors (Lipinski definition) is 0. The number of hydrogen-bond acceptors (Lipinski definition) is 1. The average Bonchev–Trinajstić information content (AvgIpc) is 1.69. The van der Waals surface area contributed by atoms with Crippen LogP contribution in [0.2, 0.25) is 0 Å². The Morgan fingerprint density at radius 1 is 1.00 bits per heavy atom. The fraction of sp³-hybridized carbons (Fsp3) is 1.00. The van der Waals surface area contributed by atoms with Crippen molar-refractivity contribution in [2.75, 3.05) is 13.1 Å². The van der Waals surface area contributed by atoms with E-state index in [4.69, 9.17) is 7.98 Å². The summed E-state index contributed by atoms with van der Waals surface area (Å²) >= 11 is 0. The first-order valence-corrected chi connectivity index (χ1v) is 2.89. The zero-order valence-corrected chi connectivity index (χ0v) is 4.56. The Morgan fingerprint density at radius 2 is 1.57 bits per heavy atom. The van der Waals surface area contributed by atoms with Gasteiger partial charge in [0.2, 0.25) is 0 Å². The molecule has 0 saturated carbocycles. The average molecular weight is 95.0 g/mol. The van der Waals surface area contributed by atoms with Gasteiger partial charge in [0.25, 0.3) is 0 Å². The molecule has 1 fully saturated rings. The van der Waals surface area contributed by atoms with E-state index in [-0.39, 0.29) is 0 Å². The summed E-state index contributed by atoms with van der Waals surface area (Å²) in [4.78, 5) is 1.89. The fourth-order valence-corrected chi connectivity index (χ4v) is 0.918. The molecule has 0 aromatic rings. The molecule has 0 bridgehead atoms. The fourth-order valence-electron chi connectivity index (χ4n) is 0.918. The van der Waals surface area contributed by atoms with Crippen LogP contribution in [0.4, 0.5) is 0 Å². The second-order valence-electron chi connectivity index (χ2n) is 2.10. The lowest BCUT2D eigenvalue weighted by Crippen LogP contribution is -2.26. The number of piperidine rings is 1. The van der Waals surface area contributed by atoms with E-state index in [1.807, 2.05) is 4.81 Å². The smallest absolute Gasteiger partial charge is 0.182 e. The van der Waals surface area contributed by atoms with Crippen LogP contribution in [0.3, 0.4) is 0 Å². The van der Waals surface area contributed by atoms with Crippen LogP contribution in [0.25, 0.3) is 0 Å². The molecule has 0 amide bonds. The topological polar surface area (TPSA) is 3.24 Å². The van der Waals surface area contributed by atoms with Crippen LogP contribution in [0.5, 0.6) is 0 Å². The van der Waals surface area contributed by atoms with Crippen LogP contribution in [-0.4, -0.2) is 25.9 Å². The highest BCUT2D eigenvalue weighted by molar-refractivity contribution is 6.04. The Kier molecular flexibility index (Phi) is 1.74. The molecule has 1 aliphatic heterocycles. The third kappa shape index (κ3) is 1.52. The molecule has 2 heteroatoms. The SMILES string of the molecule is [B]N1CCCCC1. The minimum atomic E-state index is 1.10. The van der Waals surface area contributed by atoms with E-state index < -0.39 is 0 Å². The van der Waals surface area contributed by atoms with Crippen LogP contribution < -0.4 is 0 Å². The summed E-state index contributed by atoms with van der Waals surface area (Å²) in [7, 11) is 5.47. The predicted molar refractivity (Wildman–Crippen MR) is 31.2 cm³/mol. The van der Waals surface area contributed by atoms with E-state index in [9.17, 15) is 0 Å². The summed E-state index contributed by atoms with van der Waals surface area (Å²) < 4.78 is 0. The van der Waals surface area contributed by atoms with Gasteiger partial charge in [0.1, 0.15) is 0 Å². The van der Waals surface area contributed by atoms with Gasteiger partial charge in [-0.3, -0.25) is 0 Å². The zero-order valence-electron chi connectivity index (χ0n) is 4.56. The van der Waals surface area contributed by atoms with Gasteiger partial charge in [0.05, 0.1) is 0 Å². The van der Waals surface area contributed by atoms with Crippen molar-refractivity contribution in [3.8, 4) is 0 Å². The van der Waals surface area contributed by atoms with Gasteiger partial charge >= 0.3 is 0 Å². The highest BCUT2D eigenvalue weighted by atomic mass is 15.0. The molecule has 1 aliphatic rings. The van der Waals surface area contributed by atoms with Crippen LogP contribution in [0, 0.1) is 0 Å². The summed E-state index contributed by atoms with van der Waals surface area (Å²) in [6, 6.07) is 0. The molecule has 0 N–H and O–H groups in total. The van der Waals surface area contributed by atoms with Crippen molar-refractivity contribution in [3.05, 3.63) is 0 Å². The Bertz CT molecular complexity index is 50.0. The van der Waals surface area contributed by atoms with E-state index in [2.05, 4.69) is 0 Å². The second kappa shape index (κ2) is 2.36. The van der Waals surface area contributed by atoms with Crippen molar-refractivity contribution in [1.29, 1.82) is 0 Å². The lowest BCUT2D eigenvalue weighted by atomic mass is 10.1. The molecule has 1 saturated heterocycles. The molecular formula is C5H10BN. The molecule has 38 valence electrons. The molecule has 0 aromatic carbocycles. The molecule has 0 atom stereocenters. The van der Waals surface area contributed by atoms with Crippen LogP contribution >= 0.6 is 0 Å². The molecule has 0 unspecified atom stereocenters. The minimum Gasteiger partial charge on any atom is -0.353 e. The first-order chi connectivity index (χ1) is 3.39. The van der Waals surface area contributed by atoms with Gasteiger partial charge in [-0.1, -0.05) is 6.42 Å². The maximum atomic E-state index is 5.47. The van der Waals surface area contributed by atoms with Crippen molar-refractivity contribution in [1.82, 2.24) is 4.81 Å². The van der Waals surface area contributed by atoms with Crippen molar-refractivity contribution in [2.45, 2.75) is 19.3 Å². The van der Waals surface area contributed by atoms with Crippen molar-refractivity contribution in [3.63, 3.8) is 0 Å². The normalized spacial score (nSPS) is 25.1. The van der Waals surface area contributed by atoms with Gasteiger partial charge < -0.3 is 4.81 Å². The van der Waals surface area contributed by atoms with Gasteiger partial charge in [-0.05, 0) is 25.9 Å². The van der Waals surface area contributed by atoms with Crippen molar-refractivity contribution < 1.29 is 0 Å². The highest BCUT2D eigenvalue weighted by Gasteiger charge is 2.01. The number of rotatable bonds is 0. The van der Waals surface area contributed by atoms with E-state index in [1.54, 1.807) is 0 Å². The quantitative estimate of drug-likeness (QED) is 0.397. The van der Waals surface area contributed by atoms with Gasteiger partial charge in [0, 0.05) is 0 Å². The van der Waals surface area contributed by atoms with Crippen LogP contribution in [-0.2, 0) is 0 Å². The monoisotopic (exact) mass is 95.1 g/mol. The predicted octanol–water partition coefficient (Wildman–Crippen LogP) is 0.556. The standard InChI is InChI=1S/C5H10BN/c6-7-4-2-1-3-5-7/h1-5H2. The Balaban J connectivity index is 2.12. The molecule has 0 aliphatic carbocycles. The molecule has 1 heterocycles. The highest BCUT2D eigenvalue weighted by Crippen LogP contribution is 2.04. The second-order valence-corrected chi connectivity index (χ2v) is 2.10. The van der Waals surface area contributed by atoms with Gasteiger partial charge in [0.15, 0.2) is 7.98 Å². The molecule has 1 rings (SSSR count). The van der Waals surface area contributed by atoms with E-state index in [0.29, 0.717) is 0 Å². The largest absolute Gasteiger partial charge is 0.353 e. The summed E-state index contributed by atoms with van der Waals surface area (Å²) in [5.41, 5.74) is 0. The first kappa shape index (κ1) is 5.17. The third-order valence-electron chi connectivity index (χ3n) is 1.39. The summed E-state index contributed by atoms with van der Waals surface area (Å²) in [5.74, 6) is 0. The van der Waals surface area contributed by atoms with Crippen molar-refractivity contribution in [2.24, 2.45) is 0 Å². The van der Waals surface area contributed by atoms with Crippen LogP contribution in [0.1, 0.15) is 19.3 Å². The Morgan fingerprint density at radius 3 is 1.86 bits per heavy atom. The summed E-state index contributed by atoms with van der Waals surface area (Å²) in [5, 5.41) is 0. The van der Waals surface area contributed by atoms with E-state index >= 15 is 0 Å². The molecule has 1 nitrogen and oxygen atoms in total. The van der Waals surface area contributed by atoms with Gasteiger partial charge in [-0.25, -0.2) is 0 Å². The lowest BCUT2D eigenvalue weighted by molar-refractivity contribution is 0.367. The van der Waals surface area contributed by atoms with Gasteiger partial charge in [-0.2, -0.15) is 0 Å². The molecular weight excluding hydrogens is 84.9 g/mol. The van der Waals surface area contributed by atoms with Crippen molar-refractivity contribution >= 4 is 7.98 Å². The Hall–Kier alpha value is 0.0249. The molecule has 2 radical (unpaired) electrons. The maximum Gasteiger partial charge on any atom is 0.182 e. The summed E-state index contributed by atoms with van der Waals surface area (Å²) in [6.45, 7) is 2.19. The lowest BCUT2D eigenvalue weighted by Gasteiger charge is -2.21. The minimum absolute atomic E-state index is 1.10. The number of nitrogens with zero attached hydrogens (tertiary/aromatic N) is 1. The third-order valence-corrected chi connectivity index (χ3v) is 1.39. The molecule has 7 heavy (non-hydrogen) atoms. The first-order valence-electron chi connectivity index (χ1n) is 2.89. The zero-order chi connectivity index (χ0) is 5.11. The van der Waals surface area contributed by atoms with Crippen LogP contribution in [0.15, 0.2) is 0 Å². The van der Waals surface area contributed by atoms with Gasteiger partial charge in [-0.15, -0.1) is 0 Å². The van der Waals surface area contributed by atoms with E-state index in [1.165, 1.54) is 19.3 Å². The molecule has 0 aromatic heterocycles. The Labute approximate surface area is 46.1 Å². The summed E-state index contributed by atoms with van der Waals surface area (Å²) in [6.07, 6.45) is 3.95. The van der Waals surface area contributed by atoms with E-state index in [0.717, 1.165) is 13.1 Å². The maximum absolute atomic E-state index is 5.47.